The van der Waals surface area contributed by atoms with E-state index in [1.807, 2.05) is 11.9 Å². The summed E-state index contributed by atoms with van der Waals surface area (Å²) in [4.78, 5) is 14.7. The lowest BCUT2D eigenvalue weighted by atomic mass is 10.0. The second kappa shape index (κ2) is 8.50. The third kappa shape index (κ3) is 4.45. The van der Waals surface area contributed by atoms with Gasteiger partial charge in [0.25, 0.3) is 0 Å². The van der Waals surface area contributed by atoms with Crippen LogP contribution >= 0.6 is 0 Å². The number of rotatable bonds is 5. The smallest absolute Gasteiger partial charge is 0.243 e. The normalized spacial score (nSPS) is 20.3. The van der Waals surface area contributed by atoms with E-state index < -0.39 is 10.0 Å². The lowest BCUT2D eigenvalue weighted by molar-refractivity contribution is -0.131. The predicted octanol–water partition coefficient (Wildman–Crippen LogP) is 1.61. The molecule has 0 unspecified atom stereocenters. The fourth-order valence-corrected chi connectivity index (χ4v) is 5.25. The van der Waals surface area contributed by atoms with E-state index in [0.29, 0.717) is 30.4 Å². The van der Waals surface area contributed by atoms with Gasteiger partial charge in [-0.1, -0.05) is 18.6 Å². The Bertz CT molecular complexity index is 704. The number of sulfonamides is 1. The van der Waals surface area contributed by atoms with Crippen LogP contribution in [-0.4, -0.2) is 62.8 Å². The monoisotopic (exact) mass is 379 g/mol. The van der Waals surface area contributed by atoms with E-state index in [1.54, 1.807) is 28.6 Å². The summed E-state index contributed by atoms with van der Waals surface area (Å²) in [5, 5.41) is 3.26. The molecule has 26 heavy (non-hydrogen) atoms. The van der Waals surface area contributed by atoms with E-state index >= 15 is 0 Å². The summed E-state index contributed by atoms with van der Waals surface area (Å²) in [6.45, 7) is 2.77. The zero-order valence-electron chi connectivity index (χ0n) is 15.5. The van der Waals surface area contributed by atoms with Gasteiger partial charge in [-0.3, -0.25) is 4.79 Å². The van der Waals surface area contributed by atoms with Crippen molar-refractivity contribution in [2.24, 2.45) is 0 Å². The van der Waals surface area contributed by atoms with Gasteiger partial charge in [-0.25, -0.2) is 8.42 Å². The van der Waals surface area contributed by atoms with Gasteiger partial charge in [0.05, 0.1) is 11.3 Å². The van der Waals surface area contributed by atoms with Crippen molar-refractivity contribution in [3.8, 4) is 0 Å². The minimum atomic E-state index is -3.41. The van der Waals surface area contributed by atoms with E-state index in [2.05, 4.69) is 5.32 Å². The van der Waals surface area contributed by atoms with Crippen molar-refractivity contribution < 1.29 is 13.2 Å². The van der Waals surface area contributed by atoms with Crippen LogP contribution in [-0.2, 0) is 21.2 Å². The van der Waals surface area contributed by atoms with Crippen LogP contribution in [0.15, 0.2) is 29.2 Å². The van der Waals surface area contributed by atoms with Gasteiger partial charge in [-0.2, -0.15) is 4.31 Å². The van der Waals surface area contributed by atoms with Gasteiger partial charge >= 0.3 is 0 Å². The van der Waals surface area contributed by atoms with Crippen molar-refractivity contribution in [2.45, 2.75) is 49.5 Å². The second-order valence-corrected chi connectivity index (χ2v) is 9.17. The topological polar surface area (TPSA) is 69.7 Å². The molecule has 2 saturated heterocycles. The number of nitrogens with zero attached hydrogens (tertiary/aromatic N) is 2. The van der Waals surface area contributed by atoms with Crippen LogP contribution < -0.4 is 5.32 Å². The molecular formula is C19H29N3O3S. The number of carbonyl (C=O) groups excluding carboxylic acids is 1. The Labute approximate surface area is 156 Å². The fourth-order valence-electron chi connectivity index (χ4n) is 3.74. The number of amides is 1. The number of carbonyl (C=O) groups is 1. The van der Waals surface area contributed by atoms with Crippen molar-refractivity contribution in [1.82, 2.24) is 14.5 Å². The molecule has 7 heteroatoms. The average molecular weight is 380 g/mol. The molecule has 0 radical (unpaired) electrons. The highest BCUT2D eigenvalue weighted by atomic mass is 32.2. The second-order valence-electron chi connectivity index (χ2n) is 7.23. The van der Waals surface area contributed by atoms with Crippen molar-refractivity contribution >= 4 is 15.9 Å². The first kappa shape index (κ1) is 19.3. The molecule has 3 rings (SSSR count). The lowest BCUT2D eigenvalue weighted by Crippen LogP contribution is -2.44. The maximum atomic E-state index is 12.7. The van der Waals surface area contributed by atoms with E-state index in [4.69, 9.17) is 0 Å². The molecule has 0 atom stereocenters. The van der Waals surface area contributed by atoms with E-state index in [1.165, 1.54) is 0 Å². The summed E-state index contributed by atoms with van der Waals surface area (Å²) in [6.07, 6.45) is 5.24. The first-order valence-electron chi connectivity index (χ1n) is 9.55. The molecule has 1 aromatic rings. The van der Waals surface area contributed by atoms with Gasteiger partial charge in [0.15, 0.2) is 0 Å². The summed E-state index contributed by atoms with van der Waals surface area (Å²) in [6, 6.07) is 7.32. The molecule has 1 N–H and O–H groups in total. The van der Waals surface area contributed by atoms with Gasteiger partial charge in [-0.05, 0) is 50.4 Å². The molecule has 0 aliphatic carbocycles. The standard InChI is InChI=1S/C19H29N3O3S/c1-20-17-9-13-21(14-10-17)19(23)15-16-5-7-18(8-6-16)26(24,25)22-11-3-2-4-12-22/h5-8,17,20H,2-4,9-15H2,1H3. The van der Waals surface area contributed by atoms with Crippen molar-refractivity contribution in [2.75, 3.05) is 33.2 Å². The van der Waals surface area contributed by atoms with E-state index in [9.17, 15) is 13.2 Å². The Kier molecular flexibility index (Phi) is 6.32. The molecule has 0 saturated carbocycles. The first-order valence-corrected chi connectivity index (χ1v) is 11.0. The molecule has 2 aliphatic heterocycles. The van der Waals surface area contributed by atoms with Gasteiger partial charge in [-0.15, -0.1) is 0 Å². The highest BCUT2D eigenvalue weighted by Gasteiger charge is 2.26. The van der Waals surface area contributed by atoms with Gasteiger partial charge in [0, 0.05) is 32.2 Å². The molecule has 1 amide bonds. The predicted molar refractivity (Wildman–Crippen MR) is 101 cm³/mol. The Morgan fingerprint density at radius 2 is 1.65 bits per heavy atom. The van der Waals surface area contributed by atoms with Crippen molar-refractivity contribution in [1.29, 1.82) is 0 Å². The Balaban J connectivity index is 1.60. The SMILES string of the molecule is CNC1CCN(C(=O)Cc2ccc(S(=O)(=O)N3CCCCC3)cc2)CC1. The summed E-state index contributed by atoms with van der Waals surface area (Å²) < 4.78 is 26.9. The van der Waals surface area contributed by atoms with Crippen LogP contribution in [0.1, 0.15) is 37.7 Å². The van der Waals surface area contributed by atoms with Gasteiger partial charge in [0.1, 0.15) is 0 Å². The van der Waals surface area contributed by atoms with Crippen LogP contribution in [0.2, 0.25) is 0 Å². The molecule has 2 aliphatic rings. The van der Waals surface area contributed by atoms with Crippen LogP contribution in [0.3, 0.4) is 0 Å². The van der Waals surface area contributed by atoms with Crippen LogP contribution in [0.4, 0.5) is 0 Å². The zero-order chi connectivity index (χ0) is 18.6. The molecule has 2 heterocycles. The molecular weight excluding hydrogens is 350 g/mol. The third-order valence-corrected chi connectivity index (χ3v) is 7.40. The number of nitrogens with one attached hydrogen (secondary N) is 1. The van der Waals surface area contributed by atoms with Gasteiger partial charge < -0.3 is 10.2 Å². The Hall–Kier alpha value is -1.44. The number of benzene rings is 1. The van der Waals surface area contributed by atoms with E-state index in [0.717, 1.165) is 50.8 Å². The average Bonchev–Trinajstić information content (AvgIpc) is 2.69. The molecule has 6 nitrogen and oxygen atoms in total. The summed E-state index contributed by atoms with van der Waals surface area (Å²) >= 11 is 0. The highest BCUT2D eigenvalue weighted by Crippen LogP contribution is 2.21. The van der Waals surface area contributed by atoms with E-state index in [-0.39, 0.29) is 5.91 Å². The molecule has 0 bridgehead atoms. The van der Waals surface area contributed by atoms with Crippen LogP contribution in [0, 0.1) is 0 Å². The largest absolute Gasteiger partial charge is 0.342 e. The number of likely N-dealkylation sites (tertiary alicyclic amines) is 1. The van der Waals surface area contributed by atoms with Crippen molar-refractivity contribution in [3.63, 3.8) is 0 Å². The van der Waals surface area contributed by atoms with Crippen LogP contribution in [0.5, 0.6) is 0 Å². The molecule has 0 spiro atoms. The molecule has 0 aromatic heterocycles. The maximum Gasteiger partial charge on any atom is 0.243 e. The first-order chi connectivity index (χ1) is 12.5. The molecule has 2 fully saturated rings. The Morgan fingerprint density at radius 3 is 2.23 bits per heavy atom. The summed E-state index contributed by atoms with van der Waals surface area (Å²) in [5.41, 5.74) is 0.864. The summed E-state index contributed by atoms with van der Waals surface area (Å²) in [7, 11) is -1.45. The van der Waals surface area contributed by atoms with Gasteiger partial charge in [0.2, 0.25) is 15.9 Å². The zero-order valence-corrected chi connectivity index (χ0v) is 16.3. The summed E-state index contributed by atoms with van der Waals surface area (Å²) in [5.74, 6) is 0.117. The number of hydrogen-bond acceptors (Lipinski definition) is 4. The molecule has 1 aromatic carbocycles. The number of hydrogen-bond donors (Lipinski definition) is 1. The third-order valence-electron chi connectivity index (χ3n) is 5.49. The highest BCUT2D eigenvalue weighted by molar-refractivity contribution is 7.89. The Morgan fingerprint density at radius 1 is 1.04 bits per heavy atom. The lowest BCUT2D eigenvalue weighted by Gasteiger charge is -2.32. The maximum absolute atomic E-state index is 12.7. The minimum absolute atomic E-state index is 0.117. The number of piperidine rings is 2. The molecule has 144 valence electrons. The minimum Gasteiger partial charge on any atom is -0.342 e. The quantitative estimate of drug-likeness (QED) is 0.844. The van der Waals surface area contributed by atoms with Crippen molar-refractivity contribution in [3.05, 3.63) is 29.8 Å². The fraction of sp³-hybridized carbons (Fsp3) is 0.632. The van der Waals surface area contributed by atoms with Crippen LogP contribution in [0.25, 0.3) is 0 Å².